The Kier molecular flexibility index (Phi) is 6.96. The standard InChI is InChI=1S/C16H24BrClN2O/c1-21-11-12-4-7-20(8-5-12)9-6-16(19)14-3-2-13(17)10-15(14)18/h2-3,10,12,16H,4-9,11,19H2,1H3. The summed E-state index contributed by atoms with van der Waals surface area (Å²) >= 11 is 9.68. The first kappa shape index (κ1) is 17.2. The topological polar surface area (TPSA) is 38.5 Å². The highest BCUT2D eigenvalue weighted by molar-refractivity contribution is 9.10. The lowest BCUT2D eigenvalue weighted by molar-refractivity contribution is 0.0983. The number of ether oxygens (including phenoxy) is 1. The molecule has 0 aromatic heterocycles. The quantitative estimate of drug-likeness (QED) is 0.820. The Bertz CT molecular complexity index is 450. The smallest absolute Gasteiger partial charge is 0.0491 e. The SMILES string of the molecule is COCC1CCN(CCC(N)c2ccc(Br)cc2Cl)CC1. The summed E-state index contributed by atoms with van der Waals surface area (Å²) < 4.78 is 6.23. The lowest BCUT2D eigenvalue weighted by Crippen LogP contribution is -2.36. The predicted octanol–water partition coefficient (Wildman–Crippen LogP) is 3.85. The number of hydrogen-bond acceptors (Lipinski definition) is 3. The third kappa shape index (κ3) is 5.22. The summed E-state index contributed by atoms with van der Waals surface area (Å²) in [6.45, 7) is 4.22. The van der Waals surface area contributed by atoms with Gasteiger partial charge in [-0.2, -0.15) is 0 Å². The molecule has 2 N–H and O–H groups in total. The van der Waals surface area contributed by atoms with Crippen LogP contribution < -0.4 is 5.73 Å². The Morgan fingerprint density at radius 3 is 2.76 bits per heavy atom. The van der Waals surface area contributed by atoms with Crippen LogP contribution >= 0.6 is 27.5 Å². The number of methoxy groups -OCH3 is 1. The van der Waals surface area contributed by atoms with Crippen molar-refractivity contribution in [2.24, 2.45) is 11.7 Å². The normalized spacial score (nSPS) is 18.9. The lowest BCUT2D eigenvalue weighted by Gasteiger charge is -2.32. The molecule has 1 aliphatic heterocycles. The van der Waals surface area contributed by atoms with Crippen LogP contribution in [0.4, 0.5) is 0 Å². The highest BCUT2D eigenvalue weighted by atomic mass is 79.9. The fourth-order valence-electron chi connectivity index (χ4n) is 2.89. The van der Waals surface area contributed by atoms with Crippen molar-refractivity contribution >= 4 is 27.5 Å². The Labute approximate surface area is 140 Å². The van der Waals surface area contributed by atoms with Crippen LogP contribution in [0.25, 0.3) is 0 Å². The van der Waals surface area contributed by atoms with Crippen LogP contribution in [0.1, 0.15) is 30.9 Å². The van der Waals surface area contributed by atoms with Gasteiger partial charge in [-0.05, 0) is 62.5 Å². The van der Waals surface area contributed by atoms with Crippen LogP contribution in [0.2, 0.25) is 5.02 Å². The molecule has 2 rings (SSSR count). The van der Waals surface area contributed by atoms with Crippen molar-refractivity contribution in [3.05, 3.63) is 33.3 Å². The molecule has 0 spiro atoms. The zero-order valence-corrected chi connectivity index (χ0v) is 14.9. The van der Waals surface area contributed by atoms with Crippen LogP contribution in [0.15, 0.2) is 22.7 Å². The molecule has 1 saturated heterocycles. The average molecular weight is 376 g/mol. The van der Waals surface area contributed by atoms with E-state index >= 15 is 0 Å². The Morgan fingerprint density at radius 1 is 1.43 bits per heavy atom. The molecule has 1 unspecified atom stereocenters. The summed E-state index contributed by atoms with van der Waals surface area (Å²) in [5, 5.41) is 0.746. The summed E-state index contributed by atoms with van der Waals surface area (Å²) in [5.74, 6) is 0.723. The van der Waals surface area contributed by atoms with Gasteiger partial charge in [0, 0.05) is 29.3 Å². The van der Waals surface area contributed by atoms with Gasteiger partial charge in [-0.25, -0.2) is 0 Å². The monoisotopic (exact) mass is 374 g/mol. The number of benzene rings is 1. The highest BCUT2D eigenvalue weighted by Gasteiger charge is 2.20. The minimum absolute atomic E-state index is 0.00213. The molecule has 21 heavy (non-hydrogen) atoms. The number of rotatable bonds is 6. The zero-order valence-electron chi connectivity index (χ0n) is 12.5. The van der Waals surface area contributed by atoms with E-state index in [4.69, 9.17) is 22.1 Å². The van der Waals surface area contributed by atoms with Crippen LogP contribution in [-0.2, 0) is 4.74 Å². The molecule has 0 amide bonds. The molecule has 0 radical (unpaired) electrons. The molecule has 118 valence electrons. The number of nitrogens with two attached hydrogens (primary N) is 1. The van der Waals surface area contributed by atoms with Crippen molar-refractivity contribution in [3.8, 4) is 0 Å². The van der Waals surface area contributed by atoms with E-state index in [1.165, 1.54) is 12.8 Å². The second-order valence-corrected chi connectivity index (χ2v) is 7.12. The molecule has 5 heteroatoms. The molecular formula is C16H24BrClN2O. The molecule has 1 fully saturated rings. The van der Waals surface area contributed by atoms with Crippen LogP contribution in [-0.4, -0.2) is 38.3 Å². The van der Waals surface area contributed by atoms with E-state index in [2.05, 4.69) is 20.8 Å². The third-order valence-corrected chi connectivity index (χ3v) is 5.05. The number of nitrogens with zero attached hydrogens (tertiary/aromatic N) is 1. The van der Waals surface area contributed by atoms with Crippen molar-refractivity contribution < 1.29 is 4.74 Å². The van der Waals surface area contributed by atoms with Crippen LogP contribution in [0.3, 0.4) is 0 Å². The van der Waals surface area contributed by atoms with E-state index < -0.39 is 0 Å². The molecule has 0 aliphatic carbocycles. The summed E-state index contributed by atoms with van der Waals surface area (Å²) in [6, 6.07) is 5.92. The Morgan fingerprint density at radius 2 is 2.14 bits per heavy atom. The fourth-order valence-corrected chi connectivity index (χ4v) is 3.71. The maximum atomic E-state index is 6.29. The maximum Gasteiger partial charge on any atom is 0.0491 e. The molecular weight excluding hydrogens is 352 g/mol. The van der Waals surface area contributed by atoms with E-state index in [0.29, 0.717) is 0 Å². The number of likely N-dealkylation sites (tertiary alicyclic amines) is 1. The second-order valence-electron chi connectivity index (χ2n) is 5.80. The van der Waals surface area contributed by atoms with Gasteiger partial charge in [0.1, 0.15) is 0 Å². The average Bonchev–Trinajstić information content (AvgIpc) is 2.46. The molecule has 1 atom stereocenters. The molecule has 1 heterocycles. The third-order valence-electron chi connectivity index (χ3n) is 4.23. The predicted molar refractivity (Wildman–Crippen MR) is 91.7 cm³/mol. The van der Waals surface area contributed by atoms with Crippen molar-refractivity contribution in [2.75, 3.05) is 33.4 Å². The molecule has 0 bridgehead atoms. The largest absolute Gasteiger partial charge is 0.384 e. The van der Waals surface area contributed by atoms with Gasteiger partial charge < -0.3 is 15.4 Å². The van der Waals surface area contributed by atoms with Gasteiger partial charge in [0.2, 0.25) is 0 Å². The Hall–Kier alpha value is -0.130. The zero-order chi connectivity index (χ0) is 15.2. The molecule has 1 aromatic carbocycles. The molecule has 0 saturated carbocycles. The highest BCUT2D eigenvalue weighted by Crippen LogP contribution is 2.27. The first-order valence-corrected chi connectivity index (χ1v) is 8.69. The molecule has 3 nitrogen and oxygen atoms in total. The van der Waals surface area contributed by atoms with E-state index in [1.54, 1.807) is 7.11 Å². The summed E-state index contributed by atoms with van der Waals surface area (Å²) in [6.07, 6.45) is 3.39. The fraction of sp³-hybridized carbons (Fsp3) is 0.625. The van der Waals surface area contributed by atoms with Gasteiger partial charge in [0.05, 0.1) is 0 Å². The van der Waals surface area contributed by atoms with Gasteiger partial charge in [-0.15, -0.1) is 0 Å². The van der Waals surface area contributed by atoms with Gasteiger partial charge in [0.15, 0.2) is 0 Å². The van der Waals surface area contributed by atoms with Gasteiger partial charge >= 0.3 is 0 Å². The van der Waals surface area contributed by atoms with E-state index in [-0.39, 0.29) is 6.04 Å². The van der Waals surface area contributed by atoms with Gasteiger partial charge in [0.25, 0.3) is 0 Å². The van der Waals surface area contributed by atoms with Gasteiger partial charge in [-0.3, -0.25) is 0 Å². The van der Waals surface area contributed by atoms with E-state index in [0.717, 1.165) is 53.6 Å². The molecule has 1 aliphatic rings. The second kappa shape index (κ2) is 8.49. The minimum Gasteiger partial charge on any atom is -0.384 e. The van der Waals surface area contributed by atoms with Crippen molar-refractivity contribution in [1.82, 2.24) is 4.90 Å². The van der Waals surface area contributed by atoms with Crippen LogP contribution in [0.5, 0.6) is 0 Å². The Balaban J connectivity index is 1.78. The van der Waals surface area contributed by atoms with Crippen LogP contribution in [0, 0.1) is 5.92 Å². The summed E-state index contributed by atoms with van der Waals surface area (Å²) in [5.41, 5.74) is 7.33. The number of piperidine rings is 1. The number of halogens is 2. The van der Waals surface area contributed by atoms with E-state index in [9.17, 15) is 0 Å². The number of hydrogen-bond donors (Lipinski definition) is 1. The summed E-state index contributed by atoms with van der Waals surface area (Å²) in [4.78, 5) is 2.50. The first-order chi connectivity index (χ1) is 10.1. The van der Waals surface area contributed by atoms with E-state index in [1.807, 2.05) is 18.2 Å². The van der Waals surface area contributed by atoms with Crippen molar-refractivity contribution in [2.45, 2.75) is 25.3 Å². The summed E-state index contributed by atoms with van der Waals surface area (Å²) in [7, 11) is 1.79. The van der Waals surface area contributed by atoms with Crippen molar-refractivity contribution in [1.29, 1.82) is 0 Å². The minimum atomic E-state index is 0.00213. The maximum absolute atomic E-state index is 6.29. The molecule has 1 aromatic rings. The van der Waals surface area contributed by atoms with Gasteiger partial charge in [-0.1, -0.05) is 33.6 Å². The van der Waals surface area contributed by atoms with Crippen molar-refractivity contribution in [3.63, 3.8) is 0 Å². The lowest BCUT2D eigenvalue weighted by atomic mass is 9.97. The first-order valence-electron chi connectivity index (χ1n) is 7.52.